The second kappa shape index (κ2) is 4.73. The summed E-state index contributed by atoms with van der Waals surface area (Å²) in [6.45, 7) is 1.43. The predicted octanol–water partition coefficient (Wildman–Crippen LogP) is 0.996. The lowest BCUT2D eigenvalue weighted by Crippen LogP contribution is -1.92. The molecule has 0 saturated heterocycles. The van der Waals surface area contributed by atoms with Crippen LogP contribution in [0.2, 0.25) is 0 Å². The van der Waals surface area contributed by atoms with Crippen LogP contribution < -0.4 is 0 Å². The summed E-state index contributed by atoms with van der Waals surface area (Å²) in [4.78, 5) is 20.2. The highest BCUT2D eigenvalue weighted by molar-refractivity contribution is 5.87. The number of allylic oxidation sites excluding steroid dienone is 2. The fourth-order valence-electron chi connectivity index (χ4n) is 0.456. The minimum atomic E-state index is -0.840. The maximum absolute atomic E-state index is 10.3. The van der Waals surface area contributed by atoms with E-state index in [9.17, 15) is 9.59 Å². The van der Waals surface area contributed by atoms with Gasteiger partial charge in [-0.25, -0.2) is 0 Å². The van der Waals surface area contributed by atoms with Gasteiger partial charge >= 0.3 is 5.97 Å². The average Bonchev–Trinajstić information content (AvgIpc) is 1.79. The Morgan fingerprint density at radius 3 is 2.50 bits per heavy atom. The Labute approximate surface area is 59.4 Å². The Kier molecular flexibility index (Phi) is 4.20. The number of carboxylic acid groups (broad SMARTS) is 1. The Balaban J connectivity index is 3.36. The number of carbonyl (C=O) groups excluding carboxylic acids is 1. The topological polar surface area (TPSA) is 54.4 Å². The van der Waals surface area contributed by atoms with Crippen molar-refractivity contribution in [2.24, 2.45) is 0 Å². The molecule has 3 nitrogen and oxygen atoms in total. The van der Waals surface area contributed by atoms with E-state index in [0.29, 0.717) is 6.42 Å². The van der Waals surface area contributed by atoms with Crippen LogP contribution in [0.15, 0.2) is 12.2 Å². The fraction of sp³-hybridized carbons (Fsp3) is 0.429. The number of carboxylic acids is 1. The monoisotopic (exact) mass is 142 g/mol. The number of hydrogen-bond acceptors (Lipinski definition) is 2. The highest BCUT2D eigenvalue weighted by Gasteiger charge is 1.91. The van der Waals surface area contributed by atoms with Crippen LogP contribution in [0.1, 0.15) is 19.8 Å². The van der Waals surface area contributed by atoms with Gasteiger partial charge in [-0.3, -0.25) is 9.59 Å². The van der Waals surface area contributed by atoms with Crippen LogP contribution in [0.4, 0.5) is 0 Å². The van der Waals surface area contributed by atoms with Gasteiger partial charge < -0.3 is 5.11 Å². The first kappa shape index (κ1) is 8.88. The molecule has 0 unspecified atom stereocenters. The molecule has 0 aliphatic heterocycles. The molecule has 0 bridgehead atoms. The smallest absolute Gasteiger partial charge is 0.303 e. The van der Waals surface area contributed by atoms with E-state index in [0.717, 1.165) is 0 Å². The highest BCUT2D eigenvalue weighted by atomic mass is 16.4. The molecule has 0 atom stereocenters. The predicted molar refractivity (Wildman–Crippen MR) is 36.7 cm³/mol. The van der Waals surface area contributed by atoms with E-state index in [1.54, 1.807) is 6.08 Å². The Bertz CT molecular complexity index is 158. The van der Waals surface area contributed by atoms with Crippen molar-refractivity contribution in [1.29, 1.82) is 0 Å². The fourth-order valence-corrected chi connectivity index (χ4v) is 0.456. The summed E-state index contributed by atoms with van der Waals surface area (Å²) >= 11 is 0. The maximum Gasteiger partial charge on any atom is 0.303 e. The van der Waals surface area contributed by atoms with Gasteiger partial charge in [0.15, 0.2) is 5.78 Å². The van der Waals surface area contributed by atoms with E-state index < -0.39 is 5.97 Å². The molecule has 0 aliphatic carbocycles. The normalized spacial score (nSPS) is 10.1. The first-order valence-electron chi connectivity index (χ1n) is 3.02. The molecule has 0 spiro atoms. The lowest BCUT2D eigenvalue weighted by molar-refractivity contribution is -0.136. The molecule has 0 aliphatic rings. The van der Waals surface area contributed by atoms with E-state index in [2.05, 4.69) is 0 Å². The summed E-state index contributed by atoms with van der Waals surface area (Å²) in [5, 5.41) is 8.16. The van der Waals surface area contributed by atoms with E-state index in [-0.39, 0.29) is 12.2 Å². The molecule has 0 aromatic rings. The van der Waals surface area contributed by atoms with Gasteiger partial charge in [-0.15, -0.1) is 0 Å². The minimum Gasteiger partial charge on any atom is -0.481 e. The van der Waals surface area contributed by atoms with Gasteiger partial charge in [0.2, 0.25) is 0 Å². The molecule has 0 fully saturated rings. The summed E-state index contributed by atoms with van der Waals surface area (Å²) in [7, 11) is 0. The molecule has 0 heterocycles. The molecule has 0 rings (SSSR count). The van der Waals surface area contributed by atoms with Gasteiger partial charge in [0.1, 0.15) is 0 Å². The number of ketones is 1. The van der Waals surface area contributed by atoms with Crippen molar-refractivity contribution in [3.8, 4) is 0 Å². The summed E-state index contributed by atoms with van der Waals surface area (Å²) in [5.74, 6) is -0.890. The molecule has 10 heavy (non-hydrogen) atoms. The molecular formula is C7H10O3. The van der Waals surface area contributed by atoms with Crippen LogP contribution in [0.3, 0.4) is 0 Å². The van der Waals surface area contributed by atoms with Crippen molar-refractivity contribution < 1.29 is 14.7 Å². The number of carbonyl (C=O) groups is 2. The van der Waals surface area contributed by atoms with Crippen LogP contribution >= 0.6 is 0 Å². The van der Waals surface area contributed by atoms with Crippen molar-refractivity contribution in [3.05, 3.63) is 12.2 Å². The molecule has 0 aromatic heterocycles. The zero-order chi connectivity index (χ0) is 7.98. The lowest BCUT2D eigenvalue weighted by atomic mass is 10.3. The zero-order valence-corrected chi connectivity index (χ0v) is 5.83. The lowest BCUT2D eigenvalue weighted by Gasteiger charge is -1.85. The molecule has 0 amide bonds. The number of hydrogen-bond donors (Lipinski definition) is 1. The first-order valence-corrected chi connectivity index (χ1v) is 3.02. The number of rotatable bonds is 4. The van der Waals surface area contributed by atoms with Gasteiger partial charge in [0.05, 0.1) is 0 Å². The van der Waals surface area contributed by atoms with E-state index in [1.165, 1.54) is 13.0 Å². The Morgan fingerprint density at radius 1 is 1.50 bits per heavy atom. The molecule has 1 N–H and O–H groups in total. The second-order valence-electron chi connectivity index (χ2n) is 1.95. The van der Waals surface area contributed by atoms with Crippen LogP contribution in [0, 0.1) is 0 Å². The van der Waals surface area contributed by atoms with Crippen molar-refractivity contribution in [2.75, 3.05) is 0 Å². The van der Waals surface area contributed by atoms with Crippen molar-refractivity contribution >= 4 is 11.8 Å². The maximum atomic E-state index is 10.3. The average molecular weight is 142 g/mol. The summed E-state index contributed by atoms with van der Waals surface area (Å²) in [5.41, 5.74) is 0. The van der Waals surface area contributed by atoms with Gasteiger partial charge in [-0.2, -0.15) is 0 Å². The Hall–Kier alpha value is -1.12. The second-order valence-corrected chi connectivity index (χ2v) is 1.95. The Morgan fingerprint density at radius 2 is 2.10 bits per heavy atom. The first-order chi connectivity index (χ1) is 4.63. The quantitative estimate of drug-likeness (QED) is 0.595. The summed E-state index contributed by atoms with van der Waals surface area (Å²) in [6, 6.07) is 0. The van der Waals surface area contributed by atoms with Crippen molar-refractivity contribution in [3.63, 3.8) is 0 Å². The van der Waals surface area contributed by atoms with Crippen molar-refractivity contribution in [2.45, 2.75) is 19.8 Å². The van der Waals surface area contributed by atoms with E-state index in [1.807, 2.05) is 0 Å². The molecule has 0 radical (unpaired) electrons. The van der Waals surface area contributed by atoms with Gasteiger partial charge in [-0.1, -0.05) is 6.08 Å². The zero-order valence-electron chi connectivity index (χ0n) is 5.83. The van der Waals surface area contributed by atoms with Gasteiger partial charge in [0.25, 0.3) is 0 Å². The minimum absolute atomic E-state index is 0.0506. The summed E-state index contributed by atoms with van der Waals surface area (Å²) < 4.78 is 0. The van der Waals surface area contributed by atoms with Crippen LogP contribution in [0.5, 0.6) is 0 Å². The van der Waals surface area contributed by atoms with Crippen molar-refractivity contribution in [1.82, 2.24) is 0 Å². The van der Waals surface area contributed by atoms with Crippen LogP contribution in [-0.4, -0.2) is 16.9 Å². The highest BCUT2D eigenvalue weighted by Crippen LogP contribution is 1.90. The third-order valence-electron chi connectivity index (χ3n) is 0.877. The molecular weight excluding hydrogens is 132 g/mol. The third-order valence-corrected chi connectivity index (χ3v) is 0.877. The van der Waals surface area contributed by atoms with Gasteiger partial charge in [-0.05, 0) is 19.4 Å². The van der Waals surface area contributed by atoms with Crippen LogP contribution in [0.25, 0.3) is 0 Å². The standard InChI is InChI=1S/C7H10O3/c1-6(8)4-2-3-5-7(9)10/h2,4H,3,5H2,1H3,(H,9,10). The molecule has 0 aromatic carbocycles. The third kappa shape index (κ3) is 6.88. The van der Waals surface area contributed by atoms with Crippen LogP contribution in [-0.2, 0) is 9.59 Å². The largest absolute Gasteiger partial charge is 0.481 e. The van der Waals surface area contributed by atoms with E-state index in [4.69, 9.17) is 5.11 Å². The molecule has 0 saturated carbocycles. The van der Waals surface area contributed by atoms with Gasteiger partial charge in [0, 0.05) is 6.42 Å². The summed E-state index contributed by atoms with van der Waals surface area (Å²) in [6.07, 6.45) is 3.46. The molecule has 3 heteroatoms. The SMILES string of the molecule is CC(=O)C=CCCC(=O)O. The van der Waals surface area contributed by atoms with E-state index >= 15 is 0 Å². The number of aliphatic carboxylic acids is 1. The molecule has 56 valence electrons.